The topological polar surface area (TPSA) is 15.3 Å². The average Bonchev–Trinajstić information content (AvgIpc) is 2.43. The van der Waals surface area contributed by atoms with E-state index in [2.05, 4.69) is 61.3 Å². The highest BCUT2D eigenvalue weighted by Crippen LogP contribution is 2.17. The minimum Gasteiger partial charge on any atom is -0.309 e. The summed E-state index contributed by atoms with van der Waals surface area (Å²) < 4.78 is 0. The van der Waals surface area contributed by atoms with Crippen LogP contribution in [0.5, 0.6) is 0 Å². The van der Waals surface area contributed by atoms with Crippen LogP contribution in [0.4, 0.5) is 0 Å². The zero-order valence-corrected chi connectivity index (χ0v) is 12.2. The first-order chi connectivity index (χ1) is 8.81. The molecular formula is C16H28N2. The van der Waals surface area contributed by atoms with Crippen LogP contribution in [0.3, 0.4) is 0 Å². The molecule has 0 aliphatic heterocycles. The molecule has 0 saturated carbocycles. The molecule has 18 heavy (non-hydrogen) atoms. The molecule has 0 spiro atoms. The molecule has 1 rings (SSSR count). The Morgan fingerprint density at radius 3 is 2.28 bits per heavy atom. The van der Waals surface area contributed by atoms with E-state index in [-0.39, 0.29) is 0 Å². The zero-order chi connectivity index (χ0) is 13.2. The summed E-state index contributed by atoms with van der Waals surface area (Å²) in [6, 6.07) is 11.3. The molecule has 1 unspecified atom stereocenters. The van der Waals surface area contributed by atoms with Gasteiger partial charge in [-0.1, -0.05) is 57.5 Å². The molecule has 102 valence electrons. The predicted octanol–water partition coefficient (Wildman–Crippen LogP) is 3.46. The number of hydrogen-bond donors (Lipinski definition) is 1. The van der Waals surface area contributed by atoms with Crippen LogP contribution in [0.15, 0.2) is 30.3 Å². The Morgan fingerprint density at radius 1 is 1.06 bits per heavy atom. The summed E-state index contributed by atoms with van der Waals surface area (Å²) in [6.45, 7) is 11.2. The standard InChI is InChI=1S/C16H28N2/c1-4-10-16(15-11-8-7-9-12-15)17-13-14-18(5-2)6-3/h7-9,11-12,16-17H,4-6,10,13-14H2,1-3H3. The van der Waals surface area contributed by atoms with Crippen molar-refractivity contribution in [2.75, 3.05) is 26.2 Å². The Hall–Kier alpha value is -0.860. The second kappa shape index (κ2) is 9.12. The van der Waals surface area contributed by atoms with Crippen molar-refractivity contribution >= 4 is 0 Å². The molecule has 0 aliphatic carbocycles. The van der Waals surface area contributed by atoms with E-state index in [1.54, 1.807) is 0 Å². The van der Waals surface area contributed by atoms with Gasteiger partial charge in [-0.2, -0.15) is 0 Å². The van der Waals surface area contributed by atoms with Crippen molar-refractivity contribution in [1.82, 2.24) is 10.2 Å². The Balaban J connectivity index is 2.44. The molecule has 2 heteroatoms. The summed E-state index contributed by atoms with van der Waals surface area (Å²) in [5, 5.41) is 3.69. The lowest BCUT2D eigenvalue weighted by molar-refractivity contribution is 0.294. The second-order valence-electron chi connectivity index (χ2n) is 4.73. The van der Waals surface area contributed by atoms with Crippen molar-refractivity contribution in [3.05, 3.63) is 35.9 Å². The van der Waals surface area contributed by atoms with Gasteiger partial charge in [0, 0.05) is 19.1 Å². The molecular weight excluding hydrogens is 220 g/mol. The molecule has 1 aromatic carbocycles. The SMILES string of the molecule is CCCC(NCCN(CC)CC)c1ccccc1. The van der Waals surface area contributed by atoms with Crippen LogP contribution in [-0.2, 0) is 0 Å². The molecule has 1 atom stereocenters. The number of nitrogens with zero attached hydrogens (tertiary/aromatic N) is 1. The lowest BCUT2D eigenvalue weighted by atomic mass is 10.0. The monoisotopic (exact) mass is 248 g/mol. The summed E-state index contributed by atoms with van der Waals surface area (Å²) in [5.74, 6) is 0. The highest BCUT2D eigenvalue weighted by Gasteiger charge is 2.09. The van der Waals surface area contributed by atoms with Crippen molar-refractivity contribution in [3.63, 3.8) is 0 Å². The number of likely N-dealkylation sites (N-methyl/N-ethyl adjacent to an activating group) is 1. The summed E-state index contributed by atoms with van der Waals surface area (Å²) in [7, 11) is 0. The number of hydrogen-bond acceptors (Lipinski definition) is 2. The minimum atomic E-state index is 0.506. The Morgan fingerprint density at radius 2 is 1.72 bits per heavy atom. The van der Waals surface area contributed by atoms with E-state index in [0.717, 1.165) is 26.2 Å². The van der Waals surface area contributed by atoms with Gasteiger partial charge in [-0.15, -0.1) is 0 Å². The maximum Gasteiger partial charge on any atom is 0.0320 e. The fourth-order valence-electron chi connectivity index (χ4n) is 2.30. The predicted molar refractivity (Wildman–Crippen MR) is 79.9 cm³/mol. The number of nitrogens with one attached hydrogen (secondary N) is 1. The normalized spacial score (nSPS) is 12.9. The van der Waals surface area contributed by atoms with Crippen LogP contribution in [0.1, 0.15) is 45.2 Å². The van der Waals surface area contributed by atoms with Gasteiger partial charge in [0.05, 0.1) is 0 Å². The van der Waals surface area contributed by atoms with Crippen LogP contribution in [0.25, 0.3) is 0 Å². The maximum absolute atomic E-state index is 3.69. The first-order valence-corrected chi connectivity index (χ1v) is 7.32. The first-order valence-electron chi connectivity index (χ1n) is 7.32. The lowest BCUT2D eigenvalue weighted by Crippen LogP contribution is -2.33. The third kappa shape index (κ3) is 5.19. The quantitative estimate of drug-likeness (QED) is 0.720. The average molecular weight is 248 g/mol. The summed E-state index contributed by atoms with van der Waals surface area (Å²) in [6.07, 6.45) is 2.43. The van der Waals surface area contributed by atoms with Crippen molar-refractivity contribution in [1.29, 1.82) is 0 Å². The minimum absolute atomic E-state index is 0.506. The molecule has 0 heterocycles. The molecule has 0 bridgehead atoms. The molecule has 0 saturated heterocycles. The summed E-state index contributed by atoms with van der Waals surface area (Å²) >= 11 is 0. The highest BCUT2D eigenvalue weighted by atomic mass is 15.1. The smallest absolute Gasteiger partial charge is 0.0320 e. The van der Waals surface area contributed by atoms with Crippen LogP contribution in [0, 0.1) is 0 Å². The van der Waals surface area contributed by atoms with Crippen LogP contribution in [0.2, 0.25) is 0 Å². The van der Waals surface area contributed by atoms with E-state index in [0.29, 0.717) is 6.04 Å². The van der Waals surface area contributed by atoms with Crippen LogP contribution < -0.4 is 5.32 Å². The van der Waals surface area contributed by atoms with Crippen molar-refractivity contribution < 1.29 is 0 Å². The Kier molecular flexibility index (Phi) is 7.70. The lowest BCUT2D eigenvalue weighted by Gasteiger charge is -2.22. The number of benzene rings is 1. The van der Waals surface area contributed by atoms with E-state index in [4.69, 9.17) is 0 Å². The van der Waals surface area contributed by atoms with E-state index >= 15 is 0 Å². The van der Waals surface area contributed by atoms with Gasteiger partial charge in [-0.05, 0) is 25.1 Å². The van der Waals surface area contributed by atoms with Gasteiger partial charge in [0.25, 0.3) is 0 Å². The largest absolute Gasteiger partial charge is 0.309 e. The molecule has 0 fully saturated rings. The van der Waals surface area contributed by atoms with E-state index in [1.807, 2.05) is 0 Å². The van der Waals surface area contributed by atoms with Crippen molar-refractivity contribution in [2.24, 2.45) is 0 Å². The van der Waals surface area contributed by atoms with Gasteiger partial charge in [-0.3, -0.25) is 0 Å². The van der Waals surface area contributed by atoms with Gasteiger partial charge >= 0.3 is 0 Å². The molecule has 0 aliphatic rings. The molecule has 0 aromatic heterocycles. The molecule has 1 aromatic rings. The first kappa shape index (κ1) is 15.2. The third-order valence-electron chi connectivity index (χ3n) is 3.49. The van der Waals surface area contributed by atoms with Crippen molar-refractivity contribution in [3.8, 4) is 0 Å². The van der Waals surface area contributed by atoms with Gasteiger partial charge in [0.1, 0.15) is 0 Å². The number of rotatable bonds is 9. The van der Waals surface area contributed by atoms with Gasteiger partial charge in [-0.25, -0.2) is 0 Å². The van der Waals surface area contributed by atoms with Gasteiger partial charge in [0.2, 0.25) is 0 Å². The fraction of sp³-hybridized carbons (Fsp3) is 0.625. The fourth-order valence-corrected chi connectivity index (χ4v) is 2.30. The van der Waals surface area contributed by atoms with Crippen LogP contribution >= 0.6 is 0 Å². The van der Waals surface area contributed by atoms with E-state index in [9.17, 15) is 0 Å². The molecule has 0 amide bonds. The van der Waals surface area contributed by atoms with E-state index < -0.39 is 0 Å². The molecule has 2 nitrogen and oxygen atoms in total. The third-order valence-corrected chi connectivity index (χ3v) is 3.49. The molecule has 1 N–H and O–H groups in total. The summed E-state index contributed by atoms with van der Waals surface area (Å²) in [5.41, 5.74) is 1.42. The Bertz CT molecular complexity index is 293. The van der Waals surface area contributed by atoms with E-state index in [1.165, 1.54) is 18.4 Å². The second-order valence-corrected chi connectivity index (χ2v) is 4.73. The summed E-state index contributed by atoms with van der Waals surface area (Å²) in [4.78, 5) is 2.46. The van der Waals surface area contributed by atoms with Crippen LogP contribution in [-0.4, -0.2) is 31.1 Å². The van der Waals surface area contributed by atoms with Crippen molar-refractivity contribution in [2.45, 2.75) is 39.7 Å². The molecule has 0 radical (unpaired) electrons. The van der Waals surface area contributed by atoms with Gasteiger partial charge < -0.3 is 10.2 Å². The Labute approximate surface area is 112 Å². The zero-order valence-electron chi connectivity index (χ0n) is 12.2. The highest BCUT2D eigenvalue weighted by molar-refractivity contribution is 5.18. The van der Waals surface area contributed by atoms with Gasteiger partial charge in [0.15, 0.2) is 0 Å². The maximum atomic E-state index is 3.69.